The van der Waals surface area contributed by atoms with Crippen LogP contribution in [0.25, 0.3) is 16.9 Å². The third-order valence-corrected chi connectivity index (χ3v) is 5.01. The lowest BCUT2D eigenvalue weighted by Gasteiger charge is -2.06. The molecule has 2 heterocycles. The molecule has 0 aliphatic heterocycles. The van der Waals surface area contributed by atoms with Crippen LogP contribution in [0.15, 0.2) is 42.6 Å². The Balaban J connectivity index is 1.77. The third-order valence-electron chi connectivity index (χ3n) is 5.01. The number of nitrogens with one attached hydrogen (secondary N) is 1. The molecule has 2 unspecified atom stereocenters. The summed E-state index contributed by atoms with van der Waals surface area (Å²) in [6.45, 7) is 2.16. The van der Waals surface area contributed by atoms with Crippen molar-refractivity contribution in [3.05, 3.63) is 59.7 Å². The number of fused-ring (bicyclic) bond motifs is 1. The molecule has 4 rings (SSSR count). The second-order valence-corrected chi connectivity index (χ2v) is 6.79. The van der Waals surface area contributed by atoms with E-state index in [1.807, 2.05) is 18.3 Å². The van der Waals surface area contributed by atoms with Crippen molar-refractivity contribution in [2.45, 2.75) is 19.3 Å². The third kappa shape index (κ3) is 3.13. The molecule has 0 radical (unpaired) electrons. The summed E-state index contributed by atoms with van der Waals surface area (Å²) < 4.78 is 20.1. The summed E-state index contributed by atoms with van der Waals surface area (Å²) >= 11 is 0. The molecule has 0 spiro atoms. The molecular weight excluding hydrogens is 361 g/mol. The highest BCUT2D eigenvalue weighted by Crippen LogP contribution is 2.48. The van der Waals surface area contributed by atoms with E-state index >= 15 is 0 Å². The molecule has 1 N–H and O–H groups in total. The van der Waals surface area contributed by atoms with E-state index in [2.05, 4.69) is 10.3 Å². The number of benzene rings is 1. The quantitative estimate of drug-likeness (QED) is 0.689. The van der Waals surface area contributed by atoms with E-state index in [0.717, 1.165) is 12.0 Å². The lowest BCUT2D eigenvalue weighted by Crippen LogP contribution is -2.20. The number of carbonyl (C=O) groups excluding carboxylic acids is 2. The van der Waals surface area contributed by atoms with Crippen LogP contribution in [0, 0.1) is 11.7 Å². The minimum atomic E-state index is -0.352. The Hall–Kier alpha value is -3.22. The topological polar surface area (TPSA) is 72.7 Å². The number of halogens is 1. The van der Waals surface area contributed by atoms with Gasteiger partial charge in [0.1, 0.15) is 22.9 Å². The van der Waals surface area contributed by atoms with Crippen LogP contribution in [0.5, 0.6) is 0 Å². The smallest absolute Gasteiger partial charge is 0.309 e. The predicted molar refractivity (Wildman–Crippen MR) is 101 cm³/mol. The van der Waals surface area contributed by atoms with Gasteiger partial charge in [-0.15, -0.1) is 0 Å². The lowest BCUT2D eigenvalue weighted by molar-refractivity contribution is -0.144. The zero-order chi connectivity index (χ0) is 19.8. The van der Waals surface area contributed by atoms with Crippen LogP contribution in [0.1, 0.15) is 35.3 Å². The highest BCUT2D eigenvalue weighted by Gasteiger charge is 2.45. The summed E-state index contributed by atoms with van der Waals surface area (Å²) in [5, 5.41) is 2.64. The molecular formula is C21H20FN3O3. The molecule has 0 saturated heterocycles. The molecule has 6 nitrogen and oxygen atoms in total. The Morgan fingerprint density at radius 2 is 2.00 bits per heavy atom. The average molecular weight is 381 g/mol. The molecule has 1 saturated carbocycles. The molecule has 7 heteroatoms. The van der Waals surface area contributed by atoms with Crippen LogP contribution in [0.2, 0.25) is 0 Å². The summed E-state index contributed by atoms with van der Waals surface area (Å²) in [6, 6.07) is 9.63. The van der Waals surface area contributed by atoms with Crippen molar-refractivity contribution < 1.29 is 18.7 Å². The van der Waals surface area contributed by atoms with E-state index in [4.69, 9.17) is 4.74 Å². The number of imidazole rings is 1. The Labute approximate surface area is 161 Å². The fourth-order valence-electron chi connectivity index (χ4n) is 3.50. The van der Waals surface area contributed by atoms with Crippen molar-refractivity contribution in [3.63, 3.8) is 0 Å². The fourth-order valence-corrected chi connectivity index (χ4v) is 3.50. The summed E-state index contributed by atoms with van der Waals surface area (Å²) in [4.78, 5) is 29.1. The zero-order valence-electron chi connectivity index (χ0n) is 15.6. The second kappa shape index (κ2) is 7.07. The van der Waals surface area contributed by atoms with Crippen molar-refractivity contribution in [2.75, 3.05) is 13.7 Å². The van der Waals surface area contributed by atoms with Crippen molar-refractivity contribution in [1.82, 2.24) is 14.7 Å². The maximum Gasteiger partial charge on any atom is 0.309 e. The largest absolute Gasteiger partial charge is 0.466 e. The lowest BCUT2D eigenvalue weighted by atomic mass is 10.1. The minimum Gasteiger partial charge on any atom is -0.466 e. The fraction of sp³-hybridized carbons (Fsp3) is 0.286. The first-order valence-corrected chi connectivity index (χ1v) is 9.20. The molecule has 1 amide bonds. The first-order valence-electron chi connectivity index (χ1n) is 9.20. The Morgan fingerprint density at radius 3 is 2.68 bits per heavy atom. The SMILES string of the molecule is CCOC(=O)C1CC1c1ccc2nc(-c3ccc(F)cc3)c(C(=O)NC)n2c1. The molecule has 3 aromatic rings. The molecule has 1 fully saturated rings. The first-order chi connectivity index (χ1) is 13.5. The van der Waals surface area contributed by atoms with Gasteiger partial charge in [0.2, 0.25) is 0 Å². The van der Waals surface area contributed by atoms with Crippen LogP contribution < -0.4 is 5.32 Å². The zero-order valence-corrected chi connectivity index (χ0v) is 15.6. The normalized spacial score (nSPS) is 18.1. The van der Waals surface area contributed by atoms with Crippen LogP contribution in [0.4, 0.5) is 4.39 Å². The number of hydrogen-bond acceptors (Lipinski definition) is 4. The Kier molecular flexibility index (Phi) is 4.58. The van der Waals surface area contributed by atoms with Crippen molar-refractivity contribution >= 4 is 17.5 Å². The number of aromatic nitrogens is 2. The van der Waals surface area contributed by atoms with Gasteiger partial charge in [0.05, 0.1) is 12.5 Å². The Bertz CT molecular complexity index is 1060. The minimum absolute atomic E-state index is 0.0812. The van der Waals surface area contributed by atoms with E-state index < -0.39 is 0 Å². The maximum atomic E-state index is 13.3. The molecule has 2 atom stereocenters. The molecule has 144 valence electrons. The second-order valence-electron chi connectivity index (χ2n) is 6.79. The predicted octanol–water partition coefficient (Wildman–Crippen LogP) is 3.17. The van der Waals surface area contributed by atoms with Gasteiger partial charge in [0.15, 0.2) is 0 Å². The van der Waals surface area contributed by atoms with Crippen molar-refractivity contribution in [1.29, 1.82) is 0 Å². The van der Waals surface area contributed by atoms with Gasteiger partial charge < -0.3 is 10.1 Å². The molecule has 1 aliphatic carbocycles. The number of nitrogens with zero attached hydrogens (tertiary/aromatic N) is 2. The number of hydrogen-bond donors (Lipinski definition) is 1. The highest BCUT2D eigenvalue weighted by molar-refractivity contribution is 5.99. The number of ether oxygens (including phenoxy) is 1. The van der Waals surface area contributed by atoms with E-state index in [1.165, 1.54) is 12.1 Å². The van der Waals surface area contributed by atoms with Gasteiger partial charge in [0.25, 0.3) is 5.91 Å². The molecule has 0 bridgehead atoms. The highest BCUT2D eigenvalue weighted by atomic mass is 19.1. The average Bonchev–Trinajstić information content (AvgIpc) is 3.42. The molecule has 28 heavy (non-hydrogen) atoms. The van der Waals surface area contributed by atoms with Crippen LogP contribution in [-0.2, 0) is 9.53 Å². The van der Waals surface area contributed by atoms with Gasteiger partial charge in [-0.1, -0.05) is 6.07 Å². The van der Waals surface area contributed by atoms with E-state index in [1.54, 1.807) is 30.5 Å². The monoisotopic (exact) mass is 381 g/mol. The van der Waals surface area contributed by atoms with Gasteiger partial charge in [-0.05, 0) is 55.2 Å². The van der Waals surface area contributed by atoms with Crippen LogP contribution >= 0.6 is 0 Å². The summed E-state index contributed by atoms with van der Waals surface area (Å²) in [5.74, 6) is -0.882. The number of amides is 1. The van der Waals surface area contributed by atoms with Gasteiger partial charge in [0, 0.05) is 18.8 Å². The molecule has 2 aromatic heterocycles. The van der Waals surface area contributed by atoms with Crippen molar-refractivity contribution in [2.24, 2.45) is 5.92 Å². The molecule has 1 aliphatic rings. The number of esters is 1. The molecule has 1 aromatic carbocycles. The van der Waals surface area contributed by atoms with Crippen LogP contribution in [0.3, 0.4) is 0 Å². The van der Waals surface area contributed by atoms with E-state index in [9.17, 15) is 14.0 Å². The summed E-state index contributed by atoms with van der Waals surface area (Å²) in [7, 11) is 1.55. The maximum absolute atomic E-state index is 13.3. The Morgan fingerprint density at radius 1 is 1.25 bits per heavy atom. The van der Waals surface area contributed by atoms with E-state index in [-0.39, 0.29) is 29.5 Å². The summed E-state index contributed by atoms with van der Waals surface area (Å²) in [6.07, 6.45) is 2.59. The number of carbonyl (C=O) groups is 2. The number of pyridine rings is 1. The number of rotatable bonds is 5. The van der Waals surface area contributed by atoms with E-state index in [0.29, 0.717) is 29.2 Å². The van der Waals surface area contributed by atoms with Gasteiger partial charge in [-0.3, -0.25) is 14.0 Å². The van der Waals surface area contributed by atoms with Crippen LogP contribution in [-0.4, -0.2) is 34.9 Å². The van der Waals surface area contributed by atoms with Gasteiger partial charge in [-0.25, -0.2) is 9.37 Å². The summed E-state index contributed by atoms with van der Waals surface area (Å²) in [5.41, 5.74) is 3.07. The van der Waals surface area contributed by atoms with Crippen molar-refractivity contribution in [3.8, 4) is 11.3 Å². The van der Waals surface area contributed by atoms with Gasteiger partial charge in [-0.2, -0.15) is 0 Å². The first kappa shape index (κ1) is 18.2. The van der Waals surface area contributed by atoms with Gasteiger partial charge >= 0.3 is 5.97 Å². The standard InChI is InChI=1S/C21H20FN3O3/c1-3-28-21(27)16-10-15(16)13-6-9-17-24-18(12-4-7-14(22)8-5-12)19(20(26)23-2)25(17)11-13/h4-9,11,15-16H,3,10H2,1-2H3,(H,23,26).